The van der Waals surface area contributed by atoms with Crippen LogP contribution < -0.4 is 0 Å². The van der Waals surface area contributed by atoms with Crippen molar-refractivity contribution in [2.24, 2.45) is 0 Å². The number of aromatic nitrogens is 2. The zero-order chi connectivity index (χ0) is 10.8. The van der Waals surface area contributed by atoms with Crippen molar-refractivity contribution < 1.29 is 0 Å². The number of nitriles is 2. The highest BCUT2D eigenvalue weighted by atomic mass is 79.9. The number of nitrogens with zero attached hydrogens (tertiary/aromatic N) is 3. The van der Waals surface area contributed by atoms with Gasteiger partial charge in [-0.25, -0.2) is 4.98 Å². The highest BCUT2D eigenvalue weighted by Crippen LogP contribution is 2.21. The Morgan fingerprint density at radius 1 is 1.40 bits per heavy atom. The molecule has 5 heteroatoms. The van der Waals surface area contributed by atoms with E-state index in [1.807, 2.05) is 0 Å². The summed E-state index contributed by atoms with van der Waals surface area (Å²) in [5, 5.41) is 17.5. The summed E-state index contributed by atoms with van der Waals surface area (Å²) in [6, 6.07) is 7.52. The number of rotatable bonds is 1. The predicted octanol–water partition coefficient (Wildman–Crippen LogP) is 2.26. The molecule has 1 heterocycles. The fraction of sp³-hybridized carbons (Fsp3) is 0.100. The summed E-state index contributed by atoms with van der Waals surface area (Å²) in [5.41, 5.74) is 2.81. The Morgan fingerprint density at radius 2 is 2.20 bits per heavy atom. The van der Waals surface area contributed by atoms with Crippen molar-refractivity contribution in [2.45, 2.75) is 6.42 Å². The van der Waals surface area contributed by atoms with Crippen LogP contribution in [-0.4, -0.2) is 9.97 Å². The predicted molar refractivity (Wildman–Crippen MR) is 57.8 cm³/mol. The van der Waals surface area contributed by atoms with Gasteiger partial charge in [0.25, 0.3) is 0 Å². The zero-order valence-corrected chi connectivity index (χ0v) is 9.17. The van der Waals surface area contributed by atoms with Crippen LogP contribution >= 0.6 is 15.9 Å². The van der Waals surface area contributed by atoms with Crippen LogP contribution in [0.2, 0.25) is 0 Å². The molecule has 0 unspecified atom stereocenters. The van der Waals surface area contributed by atoms with Gasteiger partial charge in [-0.05, 0) is 33.6 Å². The minimum atomic E-state index is 0.253. The molecule has 2 aromatic rings. The number of fused-ring (bicyclic) bond motifs is 1. The first-order valence-corrected chi connectivity index (χ1v) is 4.99. The zero-order valence-electron chi connectivity index (χ0n) is 7.58. The first-order valence-electron chi connectivity index (χ1n) is 4.20. The third kappa shape index (κ3) is 1.70. The van der Waals surface area contributed by atoms with E-state index in [4.69, 9.17) is 10.5 Å². The Morgan fingerprint density at radius 3 is 2.87 bits per heavy atom. The number of benzene rings is 1. The van der Waals surface area contributed by atoms with Crippen LogP contribution in [0.4, 0.5) is 0 Å². The highest BCUT2D eigenvalue weighted by Gasteiger charge is 2.08. The number of nitrogens with one attached hydrogen (secondary N) is 1. The van der Waals surface area contributed by atoms with Gasteiger partial charge in [-0.2, -0.15) is 10.5 Å². The monoisotopic (exact) mass is 260 g/mol. The smallest absolute Gasteiger partial charge is 0.175 e. The average Bonchev–Trinajstić information content (AvgIpc) is 2.58. The maximum atomic E-state index is 8.82. The normalized spacial score (nSPS) is 9.80. The van der Waals surface area contributed by atoms with Gasteiger partial charge < -0.3 is 4.98 Å². The SMILES string of the molecule is N#CCc1cc(C#N)cc2[nH]c(Br)nc12. The Balaban J connectivity index is 2.76. The molecule has 2 rings (SSSR count). The highest BCUT2D eigenvalue weighted by molar-refractivity contribution is 9.10. The molecule has 0 amide bonds. The molecule has 0 aliphatic carbocycles. The molecule has 0 radical (unpaired) electrons. The third-order valence-corrected chi connectivity index (χ3v) is 2.41. The molecular weight excluding hydrogens is 256 g/mol. The van der Waals surface area contributed by atoms with Crippen molar-refractivity contribution in [3.8, 4) is 12.1 Å². The fourth-order valence-corrected chi connectivity index (χ4v) is 1.83. The van der Waals surface area contributed by atoms with E-state index in [2.05, 4.69) is 38.0 Å². The van der Waals surface area contributed by atoms with Crippen LogP contribution in [-0.2, 0) is 6.42 Å². The van der Waals surface area contributed by atoms with Gasteiger partial charge in [-0.15, -0.1) is 0 Å². The number of halogens is 1. The lowest BCUT2D eigenvalue weighted by Crippen LogP contribution is -1.87. The van der Waals surface area contributed by atoms with Crippen LogP contribution in [0.5, 0.6) is 0 Å². The van der Waals surface area contributed by atoms with Gasteiger partial charge in [0.1, 0.15) is 0 Å². The molecule has 1 N–H and O–H groups in total. The second-order valence-electron chi connectivity index (χ2n) is 3.01. The van der Waals surface area contributed by atoms with Gasteiger partial charge in [0.2, 0.25) is 0 Å². The Hall–Kier alpha value is -1.85. The molecule has 0 atom stereocenters. The van der Waals surface area contributed by atoms with E-state index in [1.54, 1.807) is 12.1 Å². The molecule has 72 valence electrons. The summed E-state index contributed by atoms with van der Waals surface area (Å²) in [6.07, 6.45) is 0.253. The summed E-state index contributed by atoms with van der Waals surface area (Å²) < 4.78 is 0.603. The molecule has 4 nitrogen and oxygen atoms in total. The third-order valence-electron chi connectivity index (χ3n) is 2.04. The van der Waals surface area contributed by atoms with Crippen LogP contribution in [0.1, 0.15) is 11.1 Å². The van der Waals surface area contributed by atoms with Crippen LogP contribution in [0, 0.1) is 22.7 Å². The Bertz CT molecular complexity index is 600. The van der Waals surface area contributed by atoms with Gasteiger partial charge in [0, 0.05) is 0 Å². The van der Waals surface area contributed by atoms with Gasteiger partial charge in [0.05, 0.1) is 35.2 Å². The van der Waals surface area contributed by atoms with Crippen molar-refractivity contribution in [1.82, 2.24) is 9.97 Å². The minimum absolute atomic E-state index is 0.253. The van der Waals surface area contributed by atoms with E-state index in [0.717, 1.165) is 16.6 Å². The number of hydrogen-bond acceptors (Lipinski definition) is 3. The van der Waals surface area contributed by atoms with Crippen LogP contribution in [0.15, 0.2) is 16.9 Å². The molecule has 1 aromatic carbocycles. The maximum Gasteiger partial charge on any atom is 0.175 e. The lowest BCUT2D eigenvalue weighted by Gasteiger charge is -1.97. The second-order valence-corrected chi connectivity index (χ2v) is 3.76. The van der Waals surface area contributed by atoms with Crippen LogP contribution in [0.25, 0.3) is 11.0 Å². The lowest BCUT2D eigenvalue weighted by molar-refractivity contribution is 1.24. The molecule has 0 fully saturated rings. The molecule has 0 aliphatic rings. The molecule has 0 bridgehead atoms. The average molecular weight is 261 g/mol. The number of H-pyrrole nitrogens is 1. The van der Waals surface area contributed by atoms with E-state index in [9.17, 15) is 0 Å². The summed E-state index contributed by atoms with van der Waals surface area (Å²) in [6.45, 7) is 0. The summed E-state index contributed by atoms with van der Waals surface area (Å²) in [7, 11) is 0. The molecule has 0 spiro atoms. The molecule has 1 aromatic heterocycles. The molecule has 0 saturated carbocycles. The second kappa shape index (κ2) is 3.72. The van der Waals surface area contributed by atoms with E-state index >= 15 is 0 Å². The van der Waals surface area contributed by atoms with Crippen molar-refractivity contribution >= 4 is 27.0 Å². The van der Waals surface area contributed by atoms with Crippen molar-refractivity contribution in [1.29, 1.82) is 10.5 Å². The van der Waals surface area contributed by atoms with Crippen molar-refractivity contribution in [3.63, 3.8) is 0 Å². The maximum absolute atomic E-state index is 8.82. The van der Waals surface area contributed by atoms with Gasteiger partial charge >= 0.3 is 0 Å². The first-order chi connectivity index (χ1) is 7.24. The van der Waals surface area contributed by atoms with E-state index in [1.165, 1.54) is 0 Å². The Labute approximate surface area is 94.3 Å². The Kier molecular flexibility index (Phi) is 2.40. The lowest BCUT2D eigenvalue weighted by atomic mass is 10.1. The van der Waals surface area contributed by atoms with Gasteiger partial charge in [0.15, 0.2) is 4.73 Å². The van der Waals surface area contributed by atoms with Crippen molar-refractivity contribution in [3.05, 3.63) is 28.0 Å². The van der Waals surface area contributed by atoms with E-state index in [0.29, 0.717) is 10.3 Å². The van der Waals surface area contributed by atoms with E-state index < -0.39 is 0 Å². The largest absolute Gasteiger partial charge is 0.332 e. The summed E-state index contributed by atoms with van der Waals surface area (Å²) in [5.74, 6) is 0. The summed E-state index contributed by atoms with van der Waals surface area (Å²) in [4.78, 5) is 7.18. The molecule has 0 saturated heterocycles. The quantitative estimate of drug-likeness (QED) is 0.855. The number of hydrogen-bond donors (Lipinski definition) is 1. The minimum Gasteiger partial charge on any atom is -0.332 e. The van der Waals surface area contributed by atoms with Gasteiger partial charge in [-0.3, -0.25) is 0 Å². The fourth-order valence-electron chi connectivity index (χ4n) is 1.44. The van der Waals surface area contributed by atoms with E-state index in [-0.39, 0.29) is 6.42 Å². The van der Waals surface area contributed by atoms with Crippen LogP contribution in [0.3, 0.4) is 0 Å². The van der Waals surface area contributed by atoms with Gasteiger partial charge in [-0.1, -0.05) is 0 Å². The molecule has 0 aliphatic heterocycles. The van der Waals surface area contributed by atoms with Crippen molar-refractivity contribution in [2.75, 3.05) is 0 Å². The first kappa shape index (κ1) is 9.70. The summed E-state index contributed by atoms with van der Waals surface area (Å²) >= 11 is 3.22. The molecular formula is C10H5BrN4. The standard InChI is InChI=1S/C10H5BrN4/c11-10-14-8-4-6(5-13)3-7(1-2-12)9(8)15-10/h3-4H,1H2,(H,14,15). The number of aromatic amines is 1. The number of imidazole rings is 1. The topological polar surface area (TPSA) is 76.3 Å². The molecule has 15 heavy (non-hydrogen) atoms.